The van der Waals surface area contributed by atoms with Crippen LogP contribution in [0.4, 0.5) is 0 Å². The first-order valence-electron chi connectivity index (χ1n) is 7.25. The minimum Gasteiger partial charge on any atom is -0.271 e. The molecule has 1 heterocycles. The van der Waals surface area contributed by atoms with Gasteiger partial charge in [0.25, 0.3) is 0 Å². The van der Waals surface area contributed by atoms with E-state index in [1.165, 1.54) is 12.8 Å². The van der Waals surface area contributed by atoms with E-state index >= 15 is 0 Å². The first kappa shape index (κ1) is 16.5. The molecule has 1 rings (SSSR count). The molecule has 5 heteroatoms. The van der Waals surface area contributed by atoms with Crippen LogP contribution in [0.1, 0.15) is 71.2 Å². The van der Waals surface area contributed by atoms with Crippen molar-refractivity contribution in [1.82, 2.24) is 15.2 Å². The van der Waals surface area contributed by atoms with Crippen molar-refractivity contribution < 1.29 is 0 Å². The average Bonchev–Trinajstić information content (AvgIpc) is 2.76. The van der Waals surface area contributed by atoms with Crippen LogP contribution in [0, 0.1) is 5.92 Å². The summed E-state index contributed by atoms with van der Waals surface area (Å²) in [5.41, 5.74) is 3.97. The molecule has 0 aromatic carbocycles. The van der Waals surface area contributed by atoms with E-state index < -0.39 is 0 Å². The fraction of sp³-hybridized carbons (Fsp3) is 0.786. The maximum absolute atomic E-state index is 6.32. The van der Waals surface area contributed by atoms with Gasteiger partial charge in [0.05, 0.1) is 23.0 Å². The first-order valence-corrected chi connectivity index (χ1v) is 7.63. The van der Waals surface area contributed by atoms with Crippen LogP contribution >= 0.6 is 11.6 Å². The van der Waals surface area contributed by atoms with Gasteiger partial charge in [0, 0.05) is 6.04 Å². The molecule has 0 bridgehead atoms. The Bertz CT molecular complexity index is 376. The molecule has 0 aliphatic carbocycles. The molecule has 0 spiro atoms. The van der Waals surface area contributed by atoms with Gasteiger partial charge < -0.3 is 0 Å². The van der Waals surface area contributed by atoms with Crippen molar-refractivity contribution in [2.75, 3.05) is 0 Å². The van der Waals surface area contributed by atoms with Gasteiger partial charge in [-0.15, -0.1) is 0 Å². The number of nitrogens with zero attached hydrogens (tertiary/aromatic N) is 2. The van der Waals surface area contributed by atoms with Gasteiger partial charge >= 0.3 is 0 Å². The molecular weight excluding hydrogens is 260 g/mol. The third-order valence-corrected chi connectivity index (χ3v) is 3.97. The van der Waals surface area contributed by atoms with E-state index in [0.29, 0.717) is 10.9 Å². The Balaban J connectivity index is 3.03. The summed E-state index contributed by atoms with van der Waals surface area (Å²) in [6.45, 7) is 8.62. The third-order valence-electron chi connectivity index (χ3n) is 3.67. The maximum Gasteiger partial charge on any atom is 0.0834 e. The van der Waals surface area contributed by atoms with Crippen LogP contribution in [0.5, 0.6) is 0 Å². The van der Waals surface area contributed by atoms with E-state index in [1.54, 1.807) is 6.20 Å². The highest BCUT2D eigenvalue weighted by molar-refractivity contribution is 6.31. The van der Waals surface area contributed by atoms with Crippen LogP contribution in [0.25, 0.3) is 0 Å². The lowest BCUT2D eigenvalue weighted by Crippen LogP contribution is -2.35. The number of hydrazine groups is 1. The predicted octanol–water partition coefficient (Wildman–Crippen LogP) is 3.84. The minimum absolute atomic E-state index is 0.0638. The zero-order chi connectivity index (χ0) is 14.4. The predicted molar refractivity (Wildman–Crippen MR) is 81.0 cm³/mol. The van der Waals surface area contributed by atoms with Crippen LogP contribution in [0.15, 0.2) is 6.20 Å². The molecule has 0 saturated carbocycles. The summed E-state index contributed by atoms with van der Waals surface area (Å²) < 4.78 is 1.97. The van der Waals surface area contributed by atoms with Crippen LogP contribution in [-0.4, -0.2) is 9.78 Å². The number of halogens is 1. The number of unbranched alkanes of at least 4 members (excludes halogenated alkanes) is 1. The van der Waals surface area contributed by atoms with Crippen molar-refractivity contribution in [3.8, 4) is 0 Å². The van der Waals surface area contributed by atoms with Crippen LogP contribution in [0.3, 0.4) is 0 Å². The van der Waals surface area contributed by atoms with Crippen LogP contribution in [-0.2, 0) is 0 Å². The second-order valence-electron chi connectivity index (χ2n) is 5.37. The highest BCUT2D eigenvalue weighted by Gasteiger charge is 2.27. The van der Waals surface area contributed by atoms with Crippen molar-refractivity contribution in [2.45, 2.75) is 65.5 Å². The first-order chi connectivity index (χ1) is 9.06. The van der Waals surface area contributed by atoms with Gasteiger partial charge in [-0.2, -0.15) is 5.10 Å². The van der Waals surface area contributed by atoms with Crippen LogP contribution < -0.4 is 11.3 Å². The second-order valence-corrected chi connectivity index (χ2v) is 5.78. The highest BCUT2D eigenvalue weighted by Crippen LogP contribution is 2.33. The van der Waals surface area contributed by atoms with E-state index in [1.807, 2.05) is 4.68 Å². The molecule has 0 amide bonds. The Morgan fingerprint density at radius 3 is 2.58 bits per heavy atom. The Hall–Kier alpha value is -0.580. The minimum atomic E-state index is 0.0638. The van der Waals surface area contributed by atoms with Crippen LogP contribution in [0.2, 0.25) is 5.02 Å². The van der Waals surface area contributed by atoms with Gasteiger partial charge in [0.2, 0.25) is 0 Å². The second kappa shape index (κ2) is 7.88. The summed E-state index contributed by atoms with van der Waals surface area (Å²) in [4.78, 5) is 0. The Morgan fingerprint density at radius 2 is 2.11 bits per heavy atom. The smallest absolute Gasteiger partial charge is 0.0834 e. The summed E-state index contributed by atoms with van der Waals surface area (Å²) in [5.74, 6) is 6.28. The number of hydrogen-bond donors (Lipinski definition) is 2. The number of nitrogens with one attached hydrogen (secondary N) is 1. The van der Waals surface area contributed by atoms with E-state index in [9.17, 15) is 0 Å². The molecule has 0 saturated heterocycles. The van der Waals surface area contributed by atoms with E-state index in [2.05, 4.69) is 38.2 Å². The maximum atomic E-state index is 6.32. The molecule has 0 radical (unpaired) electrons. The Morgan fingerprint density at radius 1 is 1.42 bits per heavy atom. The van der Waals surface area contributed by atoms with Crippen molar-refractivity contribution in [1.29, 1.82) is 0 Å². The lowest BCUT2D eigenvalue weighted by Gasteiger charge is -2.27. The van der Waals surface area contributed by atoms with Gasteiger partial charge in [-0.05, 0) is 26.2 Å². The van der Waals surface area contributed by atoms with Crippen molar-refractivity contribution >= 4 is 11.6 Å². The standard InChI is InChI=1S/C14H27ClN4/c1-5-7-8-11(6-2)13(18-16)14-12(15)9-17-19(14)10(3)4/h9-11,13,18H,5-8,16H2,1-4H3. The zero-order valence-corrected chi connectivity index (χ0v) is 13.2. The summed E-state index contributed by atoms with van der Waals surface area (Å²) in [6.07, 6.45) is 6.36. The average molecular weight is 287 g/mol. The van der Waals surface area contributed by atoms with E-state index in [4.69, 9.17) is 17.4 Å². The summed E-state index contributed by atoms with van der Waals surface area (Å²) >= 11 is 6.32. The molecule has 1 aromatic heterocycles. The third kappa shape index (κ3) is 3.94. The fourth-order valence-electron chi connectivity index (χ4n) is 2.56. The van der Waals surface area contributed by atoms with E-state index in [-0.39, 0.29) is 12.1 Å². The normalized spacial score (nSPS) is 14.9. The van der Waals surface area contributed by atoms with Crippen molar-refractivity contribution in [3.63, 3.8) is 0 Å². The van der Waals surface area contributed by atoms with Gasteiger partial charge in [-0.1, -0.05) is 44.7 Å². The fourth-order valence-corrected chi connectivity index (χ4v) is 2.81. The van der Waals surface area contributed by atoms with Gasteiger partial charge in [-0.25, -0.2) is 0 Å². The molecular formula is C14H27ClN4. The number of aromatic nitrogens is 2. The molecule has 4 nitrogen and oxygen atoms in total. The lowest BCUT2D eigenvalue weighted by atomic mass is 9.89. The molecule has 1 aromatic rings. The van der Waals surface area contributed by atoms with Gasteiger partial charge in [0.15, 0.2) is 0 Å². The summed E-state index contributed by atoms with van der Waals surface area (Å²) in [7, 11) is 0. The van der Waals surface area contributed by atoms with Gasteiger partial charge in [0.1, 0.15) is 0 Å². The van der Waals surface area contributed by atoms with Gasteiger partial charge in [-0.3, -0.25) is 16.0 Å². The molecule has 0 fully saturated rings. The quantitative estimate of drug-likeness (QED) is 0.564. The largest absolute Gasteiger partial charge is 0.271 e. The van der Waals surface area contributed by atoms with E-state index in [0.717, 1.165) is 18.5 Å². The Kier molecular flexibility index (Phi) is 6.83. The number of nitrogens with two attached hydrogens (primary N) is 1. The number of rotatable bonds is 8. The van der Waals surface area contributed by atoms with Crippen molar-refractivity contribution in [3.05, 3.63) is 16.9 Å². The SMILES string of the molecule is CCCCC(CC)C(NN)c1c(Cl)cnn1C(C)C. The topological polar surface area (TPSA) is 55.9 Å². The molecule has 19 heavy (non-hydrogen) atoms. The summed E-state index contributed by atoms with van der Waals surface area (Å²) in [5, 5.41) is 5.07. The molecule has 110 valence electrons. The van der Waals surface area contributed by atoms with Crippen molar-refractivity contribution in [2.24, 2.45) is 11.8 Å². The molecule has 0 aliphatic rings. The highest BCUT2D eigenvalue weighted by atomic mass is 35.5. The molecule has 2 unspecified atom stereocenters. The molecule has 2 atom stereocenters. The lowest BCUT2D eigenvalue weighted by molar-refractivity contribution is 0.305. The molecule has 0 aliphatic heterocycles. The molecule has 3 N–H and O–H groups in total. The summed E-state index contributed by atoms with van der Waals surface area (Å²) in [6, 6.07) is 0.344. The Labute approximate surface area is 121 Å². The zero-order valence-electron chi connectivity index (χ0n) is 12.5. The number of hydrogen-bond acceptors (Lipinski definition) is 3. The monoisotopic (exact) mass is 286 g/mol.